The number of unbranched alkanes of at least 4 members (excludes halogenated alkanes) is 9. The molecule has 2 saturated carbocycles. The van der Waals surface area contributed by atoms with Crippen LogP contribution >= 0.6 is 24.8 Å². The number of nitrogens with two attached hydrogens (primary N) is 2. The Labute approximate surface area is 172 Å². The summed E-state index contributed by atoms with van der Waals surface area (Å²) in [7, 11) is 0. The van der Waals surface area contributed by atoms with Gasteiger partial charge < -0.3 is 11.5 Å². The van der Waals surface area contributed by atoms with Crippen molar-refractivity contribution in [2.24, 2.45) is 33.3 Å². The van der Waals surface area contributed by atoms with Gasteiger partial charge >= 0.3 is 0 Å². The van der Waals surface area contributed by atoms with Crippen LogP contribution in [-0.2, 0) is 0 Å². The zero-order valence-corrected chi connectivity index (χ0v) is 18.0. The minimum absolute atomic E-state index is 0. The number of halogens is 2. The molecule has 2 fully saturated rings. The smallest absolute Gasteiger partial charge is 0.0968 e. The fraction of sp³-hybridized carbons (Fsp3) is 0.900. The van der Waals surface area contributed by atoms with Gasteiger partial charge in [0.05, 0.1) is 11.7 Å². The highest BCUT2D eigenvalue weighted by atomic mass is 35.5. The summed E-state index contributed by atoms with van der Waals surface area (Å²) in [6.45, 7) is 1.88. The van der Waals surface area contributed by atoms with Gasteiger partial charge in [-0.15, -0.1) is 24.8 Å². The van der Waals surface area contributed by atoms with Crippen LogP contribution in [0.15, 0.2) is 9.98 Å². The number of aliphatic imine (C=N–C) groups is 2. The van der Waals surface area contributed by atoms with Crippen molar-refractivity contribution in [3.05, 3.63) is 0 Å². The zero-order valence-electron chi connectivity index (χ0n) is 16.3. The van der Waals surface area contributed by atoms with Crippen LogP contribution in [0.1, 0.15) is 89.9 Å². The maximum Gasteiger partial charge on any atom is 0.0968 e. The van der Waals surface area contributed by atoms with E-state index in [9.17, 15) is 0 Å². The maximum absolute atomic E-state index is 5.89. The highest BCUT2D eigenvalue weighted by Gasteiger charge is 2.25. The summed E-state index contributed by atoms with van der Waals surface area (Å²) < 4.78 is 0. The molecule has 6 heteroatoms. The molecule has 0 radical (unpaired) electrons. The fourth-order valence-electron chi connectivity index (χ4n) is 3.07. The zero-order chi connectivity index (χ0) is 17.0. The van der Waals surface area contributed by atoms with Crippen LogP contribution in [0.2, 0.25) is 0 Å². The average molecular weight is 407 g/mol. The van der Waals surface area contributed by atoms with Crippen molar-refractivity contribution in [3.8, 4) is 0 Å². The first-order valence-electron chi connectivity index (χ1n) is 10.4. The maximum atomic E-state index is 5.89. The number of amidine groups is 2. The lowest BCUT2D eigenvalue weighted by Gasteiger charge is -2.02. The predicted octanol–water partition coefficient (Wildman–Crippen LogP) is 5.27. The summed E-state index contributed by atoms with van der Waals surface area (Å²) in [5.41, 5.74) is 11.8. The molecular weight excluding hydrogens is 367 g/mol. The van der Waals surface area contributed by atoms with Gasteiger partial charge in [0.15, 0.2) is 0 Å². The Balaban J connectivity index is 0.00000312. The van der Waals surface area contributed by atoms with E-state index in [4.69, 9.17) is 11.5 Å². The molecule has 0 amide bonds. The van der Waals surface area contributed by atoms with Crippen molar-refractivity contribution in [2.75, 3.05) is 13.1 Å². The van der Waals surface area contributed by atoms with Gasteiger partial charge in [0.1, 0.15) is 0 Å². The Kier molecular flexibility index (Phi) is 15.3. The topological polar surface area (TPSA) is 76.8 Å². The summed E-state index contributed by atoms with van der Waals surface area (Å²) in [6.07, 6.45) is 18.3. The van der Waals surface area contributed by atoms with Crippen LogP contribution in [0.5, 0.6) is 0 Å². The lowest BCUT2D eigenvalue weighted by atomic mass is 10.1. The monoisotopic (exact) mass is 406 g/mol. The summed E-state index contributed by atoms with van der Waals surface area (Å²) in [5.74, 6) is 3.09. The third-order valence-electron chi connectivity index (χ3n) is 5.15. The van der Waals surface area contributed by atoms with Gasteiger partial charge in [-0.05, 0) is 38.5 Å². The van der Waals surface area contributed by atoms with Crippen LogP contribution in [0.3, 0.4) is 0 Å². The van der Waals surface area contributed by atoms with Gasteiger partial charge in [-0.3, -0.25) is 9.98 Å². The summed E-state index contributed by atoms with van der Waals surface area (Å²) >= 11 is 0. The van der Waals surface area contributed by atoms with E-state index in [0.29, 0.717) is 11.8 Å². The minimum Gasteiger partial charge on any atom is -0.387 e. The molecular formula is C20H40Cl2N4. The molecule has 2 aliphatic carbocycles. The summed E-state index contributed by atoms with van der Waals surface area (Å²) in [4.78, 5) is 8.94. The van der Waals surface area contributed by atoms with Crippen molar-refractivity contribution in [1.82, 2.24) is 0 Å². The van der Waals surface area contributed by atoms with Gasteiger partial charge in [-0.2, -0.15) is 0 Å². The first-order chi connectivity index (χ1) is 11.8. The van der Waals surface area contributed by atoms with E-state index in [-0.39, 0.29) is 24.8 Å². The molecule has 154 valence electrons. The molecule has 0 saturated heterocycles. The Hall–Kier alpha value is -0.480. The predicted molar refractivity (Wildman–Crippen MR) is 119 cm³/mol. The van der Waals surface area contributed by atoms with E-state index in [1.165, 1.54) is 89.9 Å². The lowest BCUT2D eigenvalue weighted by molar-refractivity contribution is 0.554. The third kappa shape index (κ3) is 12.8. The molecule has 0 unspecified atom stereocenters. The van der Waals surface area contributed by atoms with Crippen LogP contribution in [0, 0.1) is 11.8 Å². The first kappa shape index (κ1) is 25.5. The van der Waals surface area contributed by atoms with E-state index in [0.717, 1.165) is 24.8 Å². The Morgan fingerprint density at radius 3 is 1.08 bits per heavy atom. The first-order valence-corrected chi connectivity index (χ1v) is 10.4. The lowest BCUT2D eigenvalue weighted by Crippen LogP contribution is -2.14. The van der Waals surface area contributed by atoms with Gasteiger partial charge in [0, 0.05) is 24.9 Å². The standard InChI is InChI=1S/C20H38N4.2ClH/c21-19(17-11-12-17)23-15-9-7-5-3-1-2-4-6-8-10-16-24-20(22)18-13-14-18;;/h17-18H,1-16H2,(H2,21,23)(H2,22,24);2*1H. The van der Waals surface area contributed by atoms with E-state index >= 15 is 0 Å². The Morgan fingerprint density at radius 1 is 0.538 bits per heavy atom. The van der Waals surface area contributed by atoms with E-state index in [1.807, 2.05) is 0 Å². The molecule has 0 aliphatic heterocycles. The third-order valence-corrected chi connectivity index (χ3v) is 5.15. The second-order valence-electron chi connectivity index (χ2n) is 7.70. The van der Waals surface area contributed by atoms with E-state index in [1.54, 1.807) is 0 Å². The molecule has 26 heavy (non-hydrogen) atoms. The molecule has 0 aromatic carbocycles. The molecule has 4 N–H and O–H groups in total. The van der Waals surface area contributed by atoms with Gasteiger partial charge in [0.2, 0.25) is 0 Å². The quantitative estimate of drug-likeness (QED) is 0.221. The van der Waals surface area contributed by atoms with E-state index < -0.39 is 0 Å². The van der Waals surface area contributed by atoms with Crippen LogP contribution in [-0.4, -0.2) is 24.8 Å². The number of nitrogens with zero attached hydrogens (tertiary/aromatic N) is 2. The van der Waals surface area contributed by atoms with Crippen LogP contribution in [0.25, 0.3) is 0 Å². The SMILES string of the molecule is Cl.Cl.NC(=NCCCCCCCCCCCCN=C(N)C1CC1)C1CC1. The molecule has 4 nitrogen and oxygen atoms in total. The molecule has 0 spiro atoms. The molecule has 0 atom stereocenters. The van der Waals surface area contributed by atoms with E-state index in [2.05, 4.69) is 9.98 Å². The minimum atomic E-state index is 0. The summed E-state index contributed by atoms with van der Waals surface area (Å²) in [5, 5.41) is 0. The number of rotatable bonds is 15. The molecule has 0 aromatic rings. The molecule has 0 bridgehead atoms. The average Bonchev–Trinajstić information content (AvgIpc) is 3.46. The van der Waals surface area contributed by atoms with Gasteiger partial charge in [0.25, 0.3) is 0 Å². The van der Waals surface area contributed by atoms with Crippen molar-refractivity contribution in [1.29, 1.82) is 0 Å². The second-order valence-corrected chi connectivity index (χ2v) is 7.70. The molecule has 2 aliphatic rings. The Bertz CT molecular complexity index is 367. The van der Waals surface area contributed by atoms with Crippen LogP contribution in [0.4, 0.5) is 0 Å². The summed E-state index contributed by atoms with van der Waals surface area (Å²) in [6, 6.07) is 0. The highest BCUT2D eigenvalue weighted by molar-refractivity contribution is 5.86. The van der Waals surface area contributed by atoms with Gasteiger partial charge in [-0.25, -0.2) is 0 Å². The number of hydrogen-bond acceptors (Lipinski definition) is 2. The van der Waals surface area contributed by atoms with Crippen molar-refractivity contribution >= 4 is 36.5 Å². The fourth-order valence-corrected chi connectivity index (χ4v) is 3.07. The van der Waals surface area contributed by atoms with Crippen molar-refractivity contribution < 1.29 is 0 Å². The van der Waals surface area contributed by atoms with Crippen molar-refractivity contribution in [2.45, 2.75) is 89.9 Å². The molecule has 0 aromatic heterocycles. The molecule has 0 heterocycles. The Morgan fingerprint density at radius 2 is 0.808 bits per heavy atom. The highest BCUT2D eigenvalue weighted by Crippen LogP contribution is 2.29. The van der Waals surface area contributed by atoms with Crippen molar-refractivity contribution in [3.63, 3.8) is 0 Å². The number of hydrogen-bond donors (Lipinski definition) is 2. The largest absolute Gasteiger partial charge is 0.387 e. The normalized spacial score (nSPS) is 17.5. The van der Waals surface area contributed by atoms with Crippen LogP contribution < -0.4 is 11.5 Å². The second kappa shape index (κ2) is 15.6. The molecule has 2 rings (SSSR count). The van der Waals surface area contributed by atoms with Gasteiger partial charge in [-0.1, -0.05) is 51.4 Å².